The van der Waals surface area contributed by atoms with Gasteiger partial charge in [-0.25, -0.2) is 0 Å². The van der Waals surface area contributed by atoms with E-state index >= 15 is 0 Å². The number of hydrogen-bond donors (Lipinski definition) is 1. The number of hydrogen-bond acceptors (Lipinski definition) is 2. The van der Waals surface area contributed by atoms with Crippen LogP contribution in [0.1, 0.15) is 24.0 Å². The Morgan fingerprint density at radius 1 is 1.21 bits per heavy atom. The average Bonchev–Trinajstić information content (AvgIpc) is 2.57. The van der Waals surface area contributed by atoms with Gasteiger partial charge in [0.25, 0.3) is 0 Å². The Morgan fingerprint density at radius 2 is 2.00 bits per heavy atom. The average molecular weight is 387 g/mol. The quantitative estimate of drug-likeness (QED) is 0.808. The normalized spacial score (nSPS) is 13.3. The largest absolute Gasteiger partial charge is 0.326 e. The number of amides is 2. The zero-order valence-electron chi connectivity index (χ0n) is 13.5. The topological polar surface area (TPSA) is 49.4 Å². The van der Waals surface area contributed by atoms with Crippen LogP contribution in [-0.2, 0) is 16.0 Å². The number of rotatable bonds is 3. The van der Waals surface area contributed by atoms with Gasteiger partial charge in [-0.15, -0.1) is 0 Å². The fourth-order valence-corrected chi connectivity index (χ4v) is 3.20. The highest BCUT2D eigenvalue weighted by atomic mass is 79.9. The van der Waals surface area contributed by atoms with Crippen molar-refractivity contribution in [1.82, 2.24) is 0 Å². The van der Waals surface area contributed by atoms with Crippen molar-refractivity contribution in [2.75, 3.05) is 16.8 Å². The molecule has 24 heavy (non-hydrogen) atoms. The lowest BCUT2D eigenvalue weighted by Gasteiger charge is -2.29. The molecule has 0 saturated heterocycles. The van der Waals surface area contributed by atoms with E-state index < -0.39 is 0 Å². The molecule has 0 unspecified atom stereocenters. The van der Waals surface area contributed by atoms with Gasteiger partial charge >= 0.3 is 0 Å². The highest BCUT2D eigenvalue weighted by molar-refractivity contribution is 9.10. The molecular weight excluding hydrogens is 368 g/mol. The van der Waals surface area contributed by atoms with Crippen molar-refractivity contribution in [2.24, 2.45) is 0 Å². The van der Waals surface area contributed by atoms with Crippen LogP contribution in [0.3, 0.4) is 0 Å². The summed E-state index contributed by atoms with van der Waals surface area (Å²) in [5, 5.41) is 2.80. The molecule has 4 nitrogen and oxygen atoms in total. The first-order valence-corrected chi connectivity index (χ1v) is 8.78. The Hall–Kier alpha value is -2.14. The molecule has 0 fully saturated rings. The van der Waals surface area contributed by atoms with Gasteiger partial charge in [-0.1, -0.05) is 34.1 Å². The summed E-state index contributed by atoms with van der Waals surface area (Å²) in [6.45, 7) is 2.62. The lowest BCUT2D eigenvalue weighted by molar-refractivity contribution is -0.125. The van der Waals surface area contributed by atoms with E-state index in [1.165, 1.54) is 5.56 Å². The van der Waals surface area contributed by atoms with E-state index in [0.717, 1.165) is 28.6 Å². The van der Waals surface area contributed by atoms with Gasteiger partial charge < -0.3 is 10.2 Å². The summed E-state index contributed by atoms with van der Waals surface area (Å²) in [4.78, 5) is 26.5. The first kappa shape index (κ1) is 16.7. The highest BCUT2D eigenvalue weighted by Crippen LogP contribution is 2.27. The number of aryl methyl sites for hydroxylation is 2. The third-order valence-corrected chi connectivity index (χ3v) is 5.05. The van der Waals surface area contributed by atoms with Crippen LogP contribution < -0.4 is 10.2 Å². The van der Waals surface area contributed by atoms with Crippen molar-refractivity contribution in [3.8, 4) is 0 Å². The molecule has 0 spiro atoms. The van der Waals surface area contributed by atoms with Gasteiger partial charge in [0, 0.05) is 22.4 Å². The Balaban J connectivity index is 1.67. The number of halogens is 1. The second kappa shape index (κ2) is 7.18. The van der Waals surface area contributed by atoms with Gasteiger partial charge in [0.15, 0.2) is 0 Å². The Kier molecular flexibility index (Phi) is 5.00. The molecule has 0 atom stereocenters. The number of para-hydroxylation sites is 1. The highest BCUT2D eigenvalue weighted by Gasteiger charge is 2.23. The van der Waals surface area contributed by atoms with Crippen molar-refractivity contribution in [1.29, 1.82) is 0 Å². The number of nitrogens with one attached hydrogen (secondary N) is 1. The van der Waals surface area contributed by atoms with Crippen LogP contribution in [0.25, 0.3) is 0 Å². The Bertz CT molecular complexity index is 789. The summed E-state index contributed by atoms with van der Waals surface area (Å²) >= 11 is 3.43. The summed E-state index contributed by atoms with van der Waals surface area (Å²) in [5.41, 5.74) is 3.83. The number of fused-ring (bicyclic) bond motifs is 1. The summed E-state index contributed by atoms with van der Waals surface area (Å²) in [6.07, 6.45) is 1.75. The molecule has 2 aromatic rings. The number of nitrogens with zero attached hydrogens (tertiary/aromatic N) is 1. The number of carbonyl (C=O) groups excluding carboxylic acids is 2. The van der Waals surface area contributed by atoms with Gasteiger partial charge in [-0.05, 0) is 55.2 Å². The molecule has 0 bridgehead atoms. The van der Waals surface area contributed by atoms with Crippen molar-refractivity contribution in [2.45, 2.75) is 26.2 Å². The molecule has 1 N–H and O–H groups in total. The summed E-state index contributed by atoms with van der Waals surface area (Å²) in [5.74, 6) is -0.446. The van der Waals surface area contributed by atoms with E-state index in [2.05, 4.69) is 21.2 Å². The fourth-order valence-electron chi connectivity index (χ4n) is 2.95. The first-order chi connectivity index (χ1) is 11.5. The van der Waals surface area contributed by atoms with Crippen LogP contribution in [0.2, 0.25) is 0 Å². The van der Waals surface area contributed by atoms with Gasteiger partial charge in [0.05, 0.1) is 0 Å². The summed E-state index contributed by atoms with van der Waals surface area (Å²) in [6, 6.07) is 13.5. The van der Waals surface area contributed by atoms with Crippen LogP contribution >= 0.6 is 15.9 Å². The smallest absolute Gasteiger partial charge is 0.236 e. The van der Waals surface area contributed by atoms with Gasteiger partial charge in [-0.2, -0.15) is 0 Å². The predicted octanol–water partition coefficient (Wildman–Crippen LogP) is 4.07. The Morgan fingerprint density at radius 3 is 2.79 bits per heavy atom. The summed E-state index contributed by atoms with van der Waals surface area (Å²) in [7, 11) is 0. The van der Waals surface area contributed by atoms with Crippen LogP contribution in [0, 0.1) is 6.92 Å². The van der Waals surface area contributed by atoms with Gasteiger partial charge in [0.2, 0.25) is 11.8 Å². The van der Waals surface area contributed by atoms with Crippen molar-refractivity contribution in [3.63, 3.8) is 0 Å². The van der Waals surface area contributed by atoms with E-state index in [9.17, 15) is 9.59 Å². The molecule has 0 aromatic heterocycles. The maximum atomic E-state index is 12.5. The minimum Gasteiger partial charge on any atom is -0.326 e. The number of benzene rings is 2. The number of anilines is 2. The molecule has 1 aliphatic heterocycles. The third-order valence-electron chi connectivity index (χ3n) is 4.16. The minimum absolute atomic E-state index is 0.149. The molecule has 2 aromatic carbocycles. The summed E-state index contributed by atoms with van der Waals surface area (Å²) < 4.78 is 0.987. The SMILES string of the molecule is Cc1cc(NC(=O)CC(=O)N2CCCc3ccccc32)ccc1Br. The molecule has 1 aliphatic rings. The van der Waals surface area contributed by atoms with Crippen LogP contribution in [0.4, 0.5) is 11.4 Å². The molecule has 0 radical (unpaired) electrons. The van der Waals surface area contributed by atoms with E-state index in [1.54, 1.807) is 4.90 Å². The van der Waals surface area contributed by atoms with E-state index in [0.29, 0.717) is 12.2 Å². The second-order valence-electron chi connectivity index (χ2n) is 5.97. The third kappa shape index (κ3) is 3.67. The predicted molar refractivity (Wildman–Crippen MR) is 99.2 cm³/mol. The van der Waals surface area contributed by atoms with Crippen molar-refractivity contribution in [3.05, 3.63) is 58.1 Å². The van der Waals surface area contributed by atoms with Gasteiger partial charge in [0.1, 0.15) is 6.42 Å². The Labute approximate surface area is 150 Å². The molecule has 0 aliphatic carbocycles. The standard InChI is InChI=1S/C19H19BrN2O2/c1-13-11-15(8-9-16(13)20)21-18(23)12-19(24)22-10-4-6-14-5-2-3-7-17(14)22/h2-3,5,7-9,11H,4,6,10,12H2,1H3,(H,21,23). The van der Waals surface area contributed by atoms with Crippen LogP contribution in [0.15, 0.2) is 46.9 Å². The monoisotopic (exact) mass is 386 g/mol. The van der Waals surface area contributed by atoms with Crippen LogP contribution in [-0.4, -0.2) is 18.4 Å². The molecule has 2 amide bonds. The van der Waals surface area contributed by atoms with Crippen molar-refractivity contribution < 1.29 is 9.59 Å². The fraction of sp³-hybridized carbons (Fsp3) is 0.263. The van der Waals surface area contributed by atoms with Crippen LogP contribution in [0.5, 0.6) is 0 Å². The molecule has 0 saturated carbocycles. The molecule has 5 heteroatoms. The molecule has 1 heterocycles. The zero-order valence-corrected chi connectivity index (χ0v) is 15.1. The maximum absolute atomic E-state index is 12.5. The van der Waals surface area contributed by atoms with E-state index in [4.69, 9.17) is 0 Å². The first-order valence-electron chi connectivity index (χ1n) is 7.99. The van der Waals surface area contributed by atoms with E-state index in [1.807, 2.05) is 49.4 Å². The lowest BCUT2D eigenvalue weighted by atomic mass is 10.0. The lowest BCUT2D eigenvalue weighted by Crippen LogP contribution is -2.37. The second-order valence-corrected chi connectivity index (χ2v) is 6.82. The molecule has 3 rings (SSSR count). The molecular formula is C19H19BrN2O2. The maximum Gasteiger partial charge on any atom is 0.236 e. The minimum atomic E-state index is -0.287. The van der Waals surface area contributed by atoms with Crippen molar-refractivity contribution >= 4 is 39.1 Å². The molecule has 124 valence electrons. The zero-order chi connectivity index (χ0) is 17.1. The van der Waals surface area contributed by atoms with E-state index in [-0.39, 0.29) is 18.2 Å². The number of carbonyl (C=O) groups is 2. The van der Waals surface area contributed by atoms with Gasteiger partial charge in [-0.3, -0.25) is 9.59 Å².